The summed E-state index contributed by atoms with van der Waals surface area (Å²) in [5.74, 6) is 0.0801. The fraction of sp³-hybridized carbons (Fsp3) is 0.643. The molecule has 20 heavy (non-hydrogen) atoms. The van der Waals surface area contributed by atoms with Crippen molar-refractivity contribution in [3.63, 3.8) is 0 Å². The van der Waals surface area contributed by atoms with Crippen LogP contribution in [-0.4, -0.2) is 27.0 Å². The van der Waals surface area contributed by atoms with Crippen LogP contribution in [0.5, 0.6) is 0 Å². The Morgan fingerprint density at radius 2 is 2.10 bits per heavy atom. The minimum atomic E-state index is -0.510. The summed E-state index contributed by atoms with van der Waals surface area (Å²) >= 11 is 0. The van der Waals surface area contributed by atoms with E-state index in [0.717, 1.165) is 12.8 Å². The topological polar surface area (TPSA) is 76.0 Å². The van der Waals surface area contributed by atoms with Gasteiger partial charge >= 0.3 is 0 Å². The summed E-state index contributed by atoms with van der Waals surface area (Å²) in [5.41, 5.74) is -0.462. The van der Waals surface area contributed by atoms with Crippen molar-refractivity contribution in [3.05, 3.63) is 22.7 Å². The van der Waals surface area contributed by atoms with Crippen LogP contribution in [0.1, 0.15) is 46.6 Å². The third-order valence-electron chi connectivity index (χ3n) is 3.05. The Morgan fingerprint density at radius 3 is 2.65 bits per heavy atom. The lowest BCUT2D eigenvalue weighted by Gasteiger charge is -2.23. The number of carbonyl (C=O) groups is 1. The number of amides is 1. The first-order valence-electron chi connectivity index (χ1n) is 6.93. The van der Waals surface area contributed by atoms with E-state index < -0.39 is 6.04 Å². The standard InChI is InChI=1S/C14H22N4O2/c1-9(12(19)17-14(2,3)4)16-11-13(20)18(8-7-15-11)10-5-6-10/h7-10H,5-6H2,1-4H3,(H,15,16)(H,17,19). The summed E-state index contributed by atoms with van der Waals surface area (Å²) in [7, 11) is 0. The number of rotatable bonds is 4. The molecule has 6 heteroatoms. The van der Waals surface area contributed by atoms with Gasteiger partial charge in [-0.15, -0.1) is 0 Å². The van der Waals surface area contributed by atoms with Crippen molar-refractivity contribution in [2.75, 3.05) is 5.32 Å². The first kappa shape index (κ1) is 14.6. The van der Waals surface area contributed by atoms with Gasteiger partial charge in [-0.1, -0.05) is 0 Å². The SMILES string of the molecule is CC(Nc1nccn(C2CC2)c1=O)C(=O)NC(C)(C)C. The van der Waals surface area contributed by atoms with Gasteiger partial charge in [-0.3, -0.25) is 9.59 Å². The molecule has 0 bridgehead atoms. The molecule has 1 saturated carbocycles. The second kappa shape index (κ2) is 5.26. The predicted octanol–water partition coefficient (Wildman–Crippen LogP) is 1.29. The van der Waals surface area contributed by atoms with Gasteiger partial charge in [0.1, 0.15) is 6.04 Å². The predicted molar refractivity (Wildman–Crippen MR) is 77.7 cm³/mol. The Bertz CT molecular complexity index is 555. The van der Waals surface area contributed by atoms with E-state index in [0.29, 0.717) is 6.04 Å². The average molecular weight is 278 g/mol. The molecule has 0 radical (unpaired) electrons. The van der Waals surface area contributed by atoms with E-state index in [4.69, 9.17) is 0 Å². The lowest BCUT2D eigenvalue weighted by molar-refractivity contribution is -0.122. The Balaban J connectivity index is 2.08. The summed E-state index contributed by atoms with van der Waals surface area (Å²) in [6.07, 6.45) is 5.36. The number of aromatic nitrogens is 2. The maximum Gasteiger partial charge on any atom is 0.293 e. The minimum Gasteiger partial charge on any atom is -0.354 e. The van der Waals surface area contributed by atoms with Crippen LogP contribution in [0.4, 0.5) is 5.82 Å². The zero-order valence-corrected chi connectivity index (χ0v) is 12.4. The molecular weight excluding hydrogens is 256 g/mol. The van der Waals surface area contributed by atoms with Crippen molar-refractivity contribution < 1.29 is 4.79 Å². The third kappa shape index (κ3) is 3.59. The molecule has 0 aromatic carbocycles. The molecule has 0 saturated heterocycles. The van der Waals surface area contributed by atoms with Crippen molar-refractivity contribution in [1.29, 1.82) is 0 Å². The highest BCUT2D eigenvalue weighted by atomic mass is 16.2. The van der Waals surface area contributed by atoms with Crippen LogP contribution in [0, 0.1) is 0 Å². The Hall–Kier alpha value is -1.85. The van der Waals surface area contributed by atoms with Crippen molar-refractivity contribution in [2.24, 2.45) is 0 Å². The van der Waals surface area contributed by atoms with Gasteiger partial charge in [0.25, 0.3) is 5.56 Å². The van der Waals surface area contributed by atoms with Gasteiger partial charge in [0, 0.05) is 24.0 Å². The van der Waals surface area contributed by atoms with Gasteiger partial charge in [-0.25, -0.2) is 4.98 Å². The number of anilines is 1. The highest BCUT2D eigenvalue weighted by Gasteiger charge is 2.26. The Morgan fingerprint density at radius 1 is 1.45 bits per heavy atom. The maximum atomic E-state index is 12.2. The van der Waals surface area contributed by atoms with Crippen molar-refractivity contribution >= 4 is 11.7 Å². The largest absolute Gasteiger partial charge is 0.354 e. The fourth-order valence-corrected chi connectivity index (χ4v) is 1.91. The Labute approximate surface area is 118 Å². The van der Waals surface area contributed by atoms with Gasteiger partial charge < -0.3 is 15.2 Å². The van der Waals surface area contributed by atoms with E-state index in [1.165, 1.54) is 0 Å². The zero-order chi connectivity index (χ0) is 14.9. The van der Waals surface area contributed by atoms with Crippen LogP contribution in [-0.2, 0) is 4.79 Å². The molecule has 1 amide bonds. The molecule has 1 aromatic rings. The molecule has 0 spiro atoms. The second-order valence-corrected chi connectivity index (χ2v) is 6.32. The van der Waals surface area contributed by atoms with Crippen LogP contribution in [0.2, 0.25) is 0 Å². The average Bonchev–Trinajstić information content (AvgIpc) is 3.13. The van der Waals surface area contributed by atoms with E-state index in [2.05, 4.69) is 15.6 Å². The molecule has 1 fully saturated rings. The first-order chi connectivity index (χ1) is 9.28. The molecule has 110 valence electrons. The molecule has 1 aromatic heterocycles. The summed E-state index contributed by atoms with van der Waals surface area (Å²) < 4.78 is 1.68. The van der Waals surface area contributed by atoms with Crippen LogP contribution in [0.3, 0.4) is 0 Å². The Kier molecular flexibility index (Phi) is 3.83. The minimum absolute atomic E-state index is 0.152. The van der Waals surface area contributed by atoms with Crippen molar-refractivity contribution in [2.45, 2.75) is 58.2 Å². The summed E-state index contributed by atoms with van der Waals surface area (Å²) in [6.45, 7) is 7.46. The van der Waals surface area contributed by atoms with E-state index in [9.17, 15) is 9.59 Å². The highest BCUT2D eigenvalue weighted by molar-refractivity contribution is 5.84. The summed E-state index contributed by atoms with van der Waals surface area (Å²) in [6, 6.07) is -0.214. The summed E-state index contributed by atoms with van der Waals surface area (Å²) in [4.78, 5) is 28.2. The van der Waals surface area contributed by atoms with Gasteiger partial charge in [0.15, 0.2) is 5.82 Å². The molecular formula is C14H22N4O2. The lowest BCUT2D eigenvalue weighted by atomic mass is 10.1. The molecule has 1 unspecified atom stereocenters. The van der Waals surface area contributed by atoms with Crippen LogP contribution in [0.25, 0.3) is 0 Å². The first-order valence-corrected chi connectivity index (χ1v) is 6.93. The van der Waals surface area contributed by atoms with Gasteiger partial charge in [0.05, 0.1) is 0 Å². The number of carbonyl (C=O) groups excluding carboxylic acids is 1. The fourth-order valence-electron chi connectivity index (χ4n) is 1.91. The third-order valence-corrected chi connectivity index (χ3v) is 3.05. The zero-order valence-electron chi connectivity index (χ0n) is 12.4. The second-order valence-electron chi connectivity index (χ2n) is 6.32. The van der Waals surface area contributed by atoms with E-state index >= 15 is 0 Å². The van der Waals surface area contributed by atoms with Crippen molar-refractivity contribution in [3.8, 4) is 0 Å². The normalized spacial score (nSPS) is 16.6. The molecule has 6 nitrogen and oxygen atoms in total. The molecule has 1 aliphatic rings. The highest BCUT2D eigenvalue weighted by Crippen LogP contribution is 2.33. The molecule has 1 atom stereocenters. The lowest BCUT2D eigenvalue weighted by Crippen LogP contribution is -2.47. The molecule has 2 N–H and O–H groups in total. The molecule has 2 rings (SSSR count). The van der Waals surface area contributed by atoms with Crippen LogP contribution < -0.4 is 16.2 Å². The number of hydrogen-bond donors (Lipinski definition) is 2. The van der Waals surface area contributed by atoms with Crippen LogP contribution in [0.15, 0.2) is 17.2 Å². The molecule has 1 heterocycles. The number of hydrogen-bond acceptors (Lipinski definition) is 4. The van der Waals surface area contributed by atoms with E-state index in [1.807, 2.05) is 20.8 Å². The van der Waals surface area contributed by atoms with Crippen LogP contribution >= 0.6 is 0 Å². The number of nitrogens with zero attached hydrogens (tertiary/aromatic N) is 2. The van der Waals surface area contributed by atoms with E-state index in [1.54, 1.807) is 23.9 Å². The maximum absolute atomic E-state index is 12.2. The van der Waals surface area contributed by atoms with Crippen molar-refractivity contribution in [1.82, 2.24) is 14.9 Å². The van der Waals surface area contributed by atoms with E-state index in [-0.39, 0.29) is 22.8 Å². The number of nitrogens with one attached hydrogen (secondary N) is 2. The quantitative estimate of drug-likeness (QED) is 0.870. The smallest absolute Gasteiger partial charge is 0.293 e. The molecule has 1 aliphatic carbocycles. The van der Waals surface area contributed by atoms with Gasteiger partial charge in [-0.2, -0.15) is 0 Å². The molecule has 0 aliphatic heterocycles. The van der Waals surface area contributed by atoms with Gasteiger partial charge in [0.2, 0.25) is 5.91 Å². The van der Waals surface area contributed by atoms with Gasteiger partial charge in [-0.05, 0) is 40.5 Å². The summed E-state index contributed by atoms with van der Waals surface area (Å²) in [5, 5.41) is 5.77. The monoisotopic (exact) mass is 278 g/mol.